The molecule has 76 valence electrons. The van der Waals surface area contributed by atoms with Gasteiger partial charge >= 0.3 is 0 Å². The summed E-state index contributed by atoms with van der Waals surface area (Å²) in [5.41, 5.74) is 0.990. The molecule has 0 aliphatic carbocycles. The van der Waals surface area contributed by atoms with Crippen LogP contribution in [0.25, 0.3) is 0 Å². The summed E-state index contributed by atoms with van der Waals surface area (Å²) in [7, 11) is 1.72. The Balaban J connectivity index is 2.67. The van der Waals surface area contributed by atoms with Gasteiger partial charge in [-0.2, -0.15) is 0 Å². The standard InChI is InChI=1S/C10H13NO2S/c1-11-9(10(13)14)6-7-2-4-8(12)5-3-7/h2-5,9,11-12H,6H2,1H3,(H,13,14)/t9-/m0/s1. The van der Waals surface area contributed by atoms with Gasteiger partial charge in [0.25, 0.3) is 0 Å². The SMILES string of the molecule is CN[C@@H](Cc1ccc(O)cc1)C(=O)S. The topological polar surface area (TPSA) is 49.3 Å². The van der Waals surface area contributed by atoms with Gasteiger partial charge < -0.3 is 10.4 Å². The summed E-state index contributed by atoms with van der Waals surface area (Å²) in [6, 6.07) is 6.51. The lowest BCUT2D eigenvalue weighted by molar-refractivity contribution is -0.112. The Bertz CT molecular complexity index is 310. The van der Waals surface area contributed by atoms with Crippen molar-refractivity contribution in [3.05, 3.63) is 29.8 Å². The summed E-state index contributed by atoms with van der Waals surface area (Å²) in [5, 5.41) is 11.8. The summed E-state index contributed by atoms with van der Waals surface area (Å²) in [5.74, 6) is 0.229. The molecule has 0 saturated heterocycles. The molecule has 0 heterocycles. The maximum Gasteiger partial charge on any atom is 0.203 e. The first-order chi connectivity index (χ1) is 6.63. The van der Waals surface area contributed by atoms with Gasteiger partial charge in [0.2, 0.25) is 5.12 Å². The first-order valence-electron chi connectivity index (χ1n) is 4.31. The van der Waals surface area contributed by atoms with Crippen LogP contribution in [0.3, 0.4) is 0 Å². The van der Waals surface area contributed by atoms with E-state index in [1.54, 1.807) is 31.3 Å². The molecule has 0 unspecified atom stereocenters. The molecule has 1 atom stereocenters. The van der Waals surface area contributed by atoms with Gasteiger partial charge in [-0.1, -0.05) is 12.1 Å². The molecule has 0 bridgehead atoms. The number of carbonyl (C=O) groups excluding carboxylic acids is 1. The van der Waals surface area contributed by atoms with Crippen LogP contribution < -0.4 is 5.32 Å². The van der Waals surface area contributed by atoms with Gasteiger partial charge in [0, 0.05) is 0 Å². The number of nitrogens with one attached hydrogen (secondary N) is 1. The molecule has 1 aromatic rings. The second kappa shape index (κ2) is 5.02. The molecule has 0 saturated carbocycles. The fraction of sp³-hybridized carbons (Fsp3) is 0.300. The zero-order chi connectivity index (χ0) is 10.6. The Hall–Kier alpha value is -1.000. The number of carbonyl (C=O) groups is 1. The number of hydrogen-bond donors (Lipinski definition) is 3. The fourth-order valence-electron chi connectivity index (χ4n) is 1.18. The largest absolute Gasteiger partial charge is 0.508 e. The molecule has 2 N–H and O–H groups in total. The molecule has 0 aromatic heterocycles. The van der Waals surface area contributed by atoms with Crippen LogP contribution in [0.4, 0.5) is 0 Å². The molecule has 4 heteroatoms. The summed E-state index contributed by atoms with van der Waals surface area (Å²) < 4.78 is 0. The minimum Gasteiger partial charge on any atom is -0.508 e. The Morgan fingerprint density at radius 2 is 2.07 bits per heavy atom. The molecule has 3 nitrogen and oxygen atoms in total. The highest BCUT2D eigenvalue weighted by Crippen LogP contribution is 2.11. The lowest BCUT2D eigenvalue weighted by Gasteiger charge is -2.11. The number of benzene rings is 1. The highest BCUT2D eigenvalue weighted by atomic mass is 32.1. The van der Waals surface area contributed by atoms with Crippen molar-refractivity contribution in [2.24, 2.45) is 0 Å². The number of phenols is 1. The van der Waals surface area contributed by atoms with Gasteiger partial charge in [-0.05, 0) is 31.2 Å². The predicted octanol–water partition coefficient (Wildman–Crippen LogP) is 0.979. The van der Waals surface area contributed by atoms with Gasteiger partial charge in [-0.15, -0.1) is 12.6 Å². The average molecular weight is 211 g/mol. The van der Waals surface area contributed by atoms with Gasteiger partial charge in [-0.3, -0.25) is 4.79 Å². The second-order valence-electron chi connectivity index (χ2n) is 3.05. The van der Waals surface area contributed by atoms with E-state index in [1.165, 1.54) is 0 Å². The van der Waals surface area contributed by atoms with Crippen molar-refractivity contribution in [3.63, 3.8) is 0 Å². The van der Waals surface area contributed by atoms with Crippen LogP contribution in [-0.4, -0.2) is 23.3 Å². The van der Waals surface area contributed by atoms with Crippen molar-refractivity contribution in [3.8, 4) is 5.75 Å². The zero-order valence-electron chi connectivity index (χ0n) is 7.90. The normalized spacial score (nSPS) is 12.4. The van der Waals surface area contributed by atoms with Crippen molar-refractivity contribution in [1.82, 2.24) is 5.32 Å². The van der Waals surface area contributed by atoms with Crippen LogP contribution in [0.15, 0.2) is 24.3 Å². The van der Waals surface area contributed by atoms with Gasteiger partial charge in [0.05, 0.1) is 6.04 Å². The Kier molecular flexibility index (Phi) is 3.98. The van der Waals surface area contributed by atoms with Gasteiger partial charge in [0.15, 0.2) is 0 Å². The Morgan fingerprint density at radius 3 is 2.50 bits per heavy atom. The van der Waals surface area contributed by atoms with Crippen LogP contribution >= 0.6 is 12.6 Å². The van der Waals surface area contributed by atoms with E-state index in [0.29, 0.717) is 6.42 Å². The predicted molar refractivity (Wildman–Crippen MR) is 58.7 cm³/mol. The smallest absolute Gasteiger partial charge is 0.203 e. The molecule has 0 amide bonds. The minimum atomic E-state index is -0.275. The number of thiol groups is 1. The minimum absolute atomic E-state index is 0.180. The summed E-state index contributed by atoms with van der Waals surface area (Å²) in [6.45, 7) is 0. The molecule has 1 aromatic carbocycles. The van der Waals surface area contributed by atoms with E-state index in [2.05, 4.69) is 17.9 Å². The molecule has 0 fully saturated rings. The number of phenolic OH excluding ortho intramolecular Hbond substituents is 1. The zero-order valence-corrected chi connectivity index (χ0v) is 8.79. The quantitative estimate of drug-likeness (QED) is 0.651. The van der Waals surface area contributed by atoms with Crippen LogP contribution in [0.2, 0.25) is 0 Å². The average Bonchev–Trinajstić information content (AvgIpc) is 2.16. The Labute approximate surface area is 88.6 Å². The Morgan fingerprint density at radius 1 is 1.50 bits per heavy atom. The van der Waals surface area contributed by atoms with Crippen molar-refractivity contribution in [2.75, 3.05) is 7.05 Å². The van der Waals surface area contributed by atoms with Crippen LogP contribution in [-0.2, 0) is 11.2 Å². The fourth-order valence-corrected chi connectivity index (χ4v) is 1.40. The highest BCUT2D eigenvalue weighted by Gasteiger charge is 2.12. The van der Waals surface area contributed by atoms with E-state index < -0.39 is 0 Å². The van der Waals surface area contributed by atoms with E-state index in [0.717, 1.165) is 5.56 Å². The first kappa shape index (κ1) is 11.1. The van der Waals surface area contributed by atoms with E-state index in [-0.39, 0.29) is 16.9 Å². The lowest BCUT2D eigenvalue weighted by atomic mass is 10.1. The number of rotatable bonds is 4. The lowest BCUT2D eigenvalue weighted by Crippen LogP contribution is -2.33. The maximum absolute atomic E-state index is 11.0. The molecule has 14 heavy (non-hydrogen) atoms. The van der Waals surface area contributed by atoms with E-state index in [1.807, 2.05) is 0 Å². The van der Waals surface area contributed by atoms with Crippen molar-refractivity contribution < 1.29 is 9.90 Å². The van der Waals surface area contributed by atoms with Crippen molar-refractivity contribution >= 4 is 17.7 Å². The number of aromatic hydroxyl groups is 1. The second-order valence-corrected chi connectivity index (χ2v) is 3.49. The van der Waals surface area contributed by atoms with Crippen LogP contribution in [0.5, 0.6) is 5.75 Å². The molecule has 0 radical (unpaired) electrons. The third-order valence-corrected chi connectivity index (χ3v) is 2.33. The highest BCUT2D eigenvalue weighted by molar-refractivity contribution is 7.96. The maximum atomic E-state index is 11.0. The third-order valence-electron chi connectivity index (χ3n) is 2.02. The molecular weight excluding hydrogens is 198 g/mol. The van der Waals surface area contributed by atoms with Gasteiger partial charge in [-0.25, -0.2) is 0 Å². The third kappa shape index (κ3) is 3.05. The van der Waals surface area contributed by atoms with E-state index in [9.17, 15) is 4.79 Å². The van der Waals surface area contributed by atoms with Crippen molar-refractivity contribution in [1.29, 1.82) is 0 Å². The number of hydrogen-bond acceptors (Lipinski definition) is 3. The van der Waals surface area contributed by atoms with Gasteiger partial charge in [0.1, 0.15) is 5.75 Å². The summed E-state index contributed by atoms with van der Waals surface area (Å²) in [4.78, 5) is 11.0. The molecule has 1 rings (SSSR count). The molecule has 0 spiro atoms. The first-order valence-corrected chi connectivity index (χ1v) is 4.76. The van der Waals surface area contributed by atoms with E-state index >= 15 is 0 Å². The summed E-state index contributed by atoms with van der Waals surface area (Å²) >= 11 is 3.77. The van der Waals surface area contributed by atoms with Crippen LogP contribution in [0.1, 0.15) is 5.56 Å². The number of likely N-dealkylation sites (N-methyl/N-ethyl adjacent to an activating group) is 1. The van der Waals surface area contributed by atoms with E-state index in [4.69, 9.17) is 5.11 Å². The molecule has 0 aliphatic heterocycles. The molecule has 0 aliphatic rings. The van der Waals surface area contributed by atoms with Crippen LogP contribution in [0, 0.1) is 0 Å². The van der Waals surface area contributed by atoms with Crippen molar-refractivity contribution in [2.45, 2.75) is 12.5 Å². The monoisotopic (exact) mass is 211 g/mol. The molecular formula is C10H13NO2S. The summed E-state index contributed by atoms with van der Waals surface area (Å²) in [6.07, 6.45) is 0.582.